The minimum atomic E-state index is -3.13. The van der Waals surface area contributed by atoms with E-state index in [9.17, 15) is 27.3 Å². The van der Waals surface area contributed by atoms with Gasteiger partial charge >= 0.3 is 0 Å². The Bertz CT molecular complexity index is 633. The molecule has 1 aromatic carbocycles. The molecule has 110 valence electrons. The Kier molecular flexibility index (Phi) is 3.89. The van der Waals surface area contributed by atoms with Crippen LogP contribution < -0.4 is 5.32 Å². The molecule has 1 atom stereocenters. The summed E-state index contributed by atoms with van der Waals surface area (Å²) in [5.74, 6) is -0.103. The summed E-state index contributed by atoms with van der Waals surface area (Å²) >= 11 is 0. The molecule has 1 aliphatic heterocycles. The number of sulfone groups is 1. The lowest BCUT2D eigenvalue weighted by molar-refractivity contribution is -0.385. The van der Waals surface area contributed by atoms with E-state index in [1.165, 1.54) is 6.07 Å². The molecule has 0 spiro atoms. The number of nitrogens with zero attached hydrogens (tertiary/aromatic N) is 1. The van der Waals surface area contributed by atoms with E-state index in [-0.39, 0.29) is 17.2 Å². The van der Waals surface area contributed by atoms with Crippen molar-refractivity contribution >= 4 is 21.2 Å². The van der Waals surface area contributed by atoms with Gasteiger partial charge in [0, 0.05) is 29.4 Å². The van der Waals surface area contributed by atoms with Gasteiger partial charge in [0.1, 0.15) is 0 Å². The van der Waals surface area contributed by atoms with Gasteiger partial charge in [0.15, 0.2) is 9.84 Å². The van der Waals surface area contributed by atoms with E-state index < -0.39 is 38.5 Å². The fourth-order valence-corrected chi connectivity index (χ4v) is 3.78. The number of halogens is 2. The minimum Gasteiger partial charge on any atom is -0.381 e. The van der Waals surface area contributed by atoms with Crippen LogP contribution in [0.5, 0.6) is 0 Å². The van der Waals surface area contributed by atoms with Gasteiger partial charge in [-0.1, -0.05) is 0 Å². The van der Waals surface area contributed by atoms with Crippen LogP contribution in [0.3, 0.4) is 0 Å². The van der Waals surface area contributed by atoms with Crippen LogP contribution in [0.15, 0.2) is 18.2 Å². The molecule has 9 heteroatoms. The summed E-state index contributed by atoms with van der Waals surface area (Å²) in [6.07, 6.45) is -2.54. The van der Waals surface area contributed by atoms with Crippen LogP contribution in [0, 0.1) is 10.1 Å². The SMILES string of the molecule is O=[N+]([O-])c1ccc(NC2CCS(=O)(=O)C2)c(C(F)F)c1. The number of benzene rings is 1. The lowest BCUT2D eigenvalue weighted by atomic mass is 10.1. The van der Waals surface area contributed by atoms with Gasteiger partial charge in [0.05, 0.1) is 16.4 Å². The molecule has 0 saturated carbocycles. The molecule has 1 aromatic rings. The average Bonchev–Trinajstić information content (AvgIpc) is 2.68. The Hall–Kier alpha value is -1.77. The second-order valence-corrected chi connectivity index (χ2v) is 6.80. The van der Waals surface area contributed by atoms with Crippen molar-refractivity contribution in [2.24, 2.45) is 0 Å². The highest BCUT2D eigenvalue weighted by molar-refractivity contribution is 7.91. The number of anilines is 1. The molecule has 1 heterocycles. The second kappa shape index (κ2) is 5.31. The first-order chi connectivity index (χ1) is 9.28. The summed E-state index contributed by atoms with van der Waals surface area (Å²) in [5.41, 5.74) is -0.888. The van der Waals surface area contributed by atoms with Gasteiger partial charge in [0.2, 0.25) is 0 Å². The van der Waals surface area contributed by atoms with E-state index in [1.54, 1.807) is 0 Å². The highest BCUT2D eigenvalue weighted by Gasteiger charge is 2.29. The van der Waals surface area contributed by atoms with Gasteiger partial charge in [-0.25, -0.2) is 17.2 Å². The fourth-order valence-electron chi connectivity index (χ4n) is 2.10. The largest absolute Gasteiger partial charge is 0.381 e. The number of hydrogen-bond donors (Lipinski definition) is 1. The summed E-state index contributed by atoms with van der Waals surface area (Å²) in [6, 6.07) is 2.65. The molecule has 6 nitrogen and oxygen atoms in total. The van der Waals surface area contributed by atoms with Crippen LogP contribution in [0.1, 0.15) is 18.4 Å². The highest BCUT2D eigenvalue weighted by atomic mass is 32.2. The van der Waals surface area contributed by atoms with Crippen molar-refractivity contribution in [1.82, 2.24) is 0 Å². The maximum atomic E-state index is 12.9. The second-order valence-electron chi connectivity index (χ2n) is 4.57. The van der Waals surface area contributed by atoms with E-state index in [0.717, 1.165) is 12.1 Å². The van der Waals surface area contributed by atoms with E-state index >= 15 is 0 Å². The third-order valence-electron chi connectivity index (χ3n) is 3.07. The van der Waals surface area contributed by atoms with Crippen LogP contribution >= 0.6 is 0 Å². The summed E-state index contributed by atoms with van der Waals surface area (Å²) in [7, 11) is -3.13. The number of alkyl halides is 2. The predicted molar refractivity (Wildman–Crippen MR) is 68.7 cm³/mol. The predicted octanol–water partition coefficient (Wildman–Crippen LogP) is 2.13. The number of nitro benzene ring substituents is 1. The van der Waals surface area contributed by atoms with Crippen molar-refractivity contribution in [3.05, 3.63) is 33.9 Å². The van der Waals surface area contributed by atoms with Gasteiger partial charge in [-0.05, 0) is 12.5 Å². The monoisotopic (exact) mass is 306 g/mol. The molecule has 1 fully saturated rings. The fraction of sp³-hybridized carbons (Fsp3) is 0.455. The number of rotatable bonds is 4. The maximum Gasteiger partial charge on any atom is 0.270 e. The zero-order valence-electron chi connectivity index (χ0n) is 10.3. The molecule has 1 N–H and O–H groups in total. The van der Waals surface area contributed by atoms with E-state index in [1.807, 2.05) is 0 Å². The Morgan fingerprint density at radius 3 is 2.60 bits per heavy atom. The van der Waals surface area contributed by atoms with Crippen LogP contribution in [0.25, 0.3) is 0 Å². The third-order valence-corrected chi connectivity index (χ3v) is 4.84. The van der Waals surface area contributed by atoms with Crippen LogP contribution in [-0.4, -0.2) is 30.9 Å². The number of nitro groups is 1. The third kappa shape index (κ3) is 3.21. The first kappa shape index (κ1) is 14.6. The number of non-ortho nitro benzene ring substituents is 1. The molecule has 0 aromatic heterocycles. The molecule has 1 unspecified atom stereocenters. The molecule has 1 aliphatic rings. The normalized spacial score (nSPS) is 21.1. The van der Waals surface area contributed by atoms with Crippen molar-refractivity contribution < 1.29 is 22.1 Å². The van der Waals surface area contributed by atoms with Gasteiger partial charge in [0.25, 0.3) is 12.1 Å². The zero-order chi connectivity index (χ0) is 14.9. The van der Waals surface area contributed by atoms with Crippen molar-refractivity contribution in [2.45, 2.75) is 18.9 Å². The van der Waals surface area contributed by atoms with E-state index in [0.29, 0.717) is 6.42 Å². The smallest absolute Gasteiger partial charge is 0.270 e. The molecule has 2 rings (SSSR count). The molecular formula is C11H12F2N2O4S. The van der Waals surface area contributed by atoms with Crippen molar-refractivity contribution in [2.75, 3.05) is 16.8 Å². The molecule has 0 aliphatic carbocycles. The van der Waals surface area contributed by atoms with Crippen LogP contribution in [0.2, 0.25) is 0 Å². The van der Waals surface area contributed by atoms with Gasteiger partial charge in [-0.3, -0.25) is 10.1 Å². The first-order valence-electron chi connectivity index (χ1n) is 5.82. The lowest BCUT2D eigenvalue weighted by Crippen LogP contribution is -2.21. The summed E-state index contributed by atoms with van der Waals surface area (Å²) in [6.45, 7) is 0. The molecule has 20 heavy (non-hydrogen) atoms. The summed E-state index contributed by atoms with van der Waals surface area (Å²) in [5, 5.41) is 13.3. The standard InChI is InChI=1S/C11H12F2N2O4S/c12-11(13)9-5-8(15(16)17)1-2-10(9)14-7-3-4-20(18,19)6-7/h1-2,5,7,11,14H,3-4,6H2. The van der Waals surface area contributed by atoms with Crippen molar-refractivity contribution in [1.29, 1.82) is 0 Å². The Balaban J connectivity index is 2.25. The van der Waals surface area contributed by atoms with Crippen LogP contribution in [-0.2, 0) is 9.84 Å². The lowest BCUT2D eigenvalue weighted by Gasteiger charge is -2.15. The molecule has 0 radical (unpaired) electrons. The number of nitrogens with one attached hydrogen (secondary N) is 1. The quantitative estimate of drug-likeness (QED) is 0.680. The van der Waals surface area contributed by atoms with E-state index in [4.69, 9.17) is 0 Å². The maximum absolute atomic E-state index is 12.9. The number of hydrogen-bond acceptors (Lipinski definition) is 5. The Morgan fingerprint density at radius 2 is 2.10 bits per heavy atom. The zero-order valence-corrected chi connectivity index (χ0v) is 11.1. The average molecular weight is 306 g/mol. The molecule has 0 amide bonds. The first-order valence-corrected chi connectivity index (χ1v) is 7.64. The van der Waals surface area contributed by atoms with E-state index in [2.05, 4.69) is 5.32 Å². The van der Waals surface area contributed by atoms with Gasteiger partial charge in [-0.15, -0.1) is 0 Å². The topological polar surface area (TPSA) is 89.3 Å². The van der Waals surface area contributed by atoms with Gasteiger partial charge in [-0.2, -0.15) is 0 Å². The van der Waals surface area contributed by atoms with Gasteiger partial charge < -0.3 is 5.32 Å². The summed E-state index contributed by atoms with van der Waals surface area (Å²) < 4.78 is 48.5. The molecule has 0 bridgehead atoms. The van der Waals surface area contributed by atoms with Crippen molar-refractivity contribution in [3.63, 3.8) is 0 Å². The summed E-state index contributed by atoms with van der Waals surface area (Å²) in [4.78, 5) is 9.82. The van der Waals surface area contributed by atoms with Crippen molar-refractivity contribution in [3.8, 4) is 0 Å². The Labute approximate surface area is 113 Å². The minimum absolute atomic E-state index is 0.0155. The molecular weight excluding hydrogens is 294 g/mol. The molecule has 1 saturated heterocycles. The highest BCUT2D eigenvalue weighted by Crippen LogP contribution is 2.32. The Morgan fingerprint density at radius 1 is 1.40 bits per heavy atom. The van der Waals surface area contributed by atoms with Crippen LogP contribution in [0.4, 0.5) is 20.2 Å².